The number of H-pyrrole nitrogens is 1. The fraction of sp³-hybridized carbons (Fsp3) is 0.750. The predicted molar refractivity (Wildman–Crippen MR) is 80.0 cm³/mol. The van der Waals surface area contributed by atoms with Crippen LogP contribution >= 0.6 is 0 Å². The highest BCUT2D eigenvalue weighted by molar-refractivity contribution is 7.89. The van der Waals surface area contributed by atoms with Crippen LogP contribution in [0.25, 0.3) is 0 Å². The highest BCUT2D eigenvalue weighted by atomic mass is 32.2. The molecule has 0 bridgehead atoms. The summed E-state index contributed by atoms with van der Waals surface area (Å²) in [5.74, 6) is 0. The van der Waals surface area contributed by atoms with E-state index in [-0.39, 0.29) is 11.1 Å². The molecule has 0 unspecified atom stereocenters. The molecule has 0 aliphatic carbocycles. The van der Waals surface area contributed by atoms with Gasteiger partial charge in [0.25, 0.3) is 10.0 Å². The Morgan fingerprint density at radius 3 is 2.62 bits per heavy atom. The molecule has 2 rings (SSSR count). The summed E-state index contributed by atoms with van der Waals surface area (Å²) >= 11 is 0. The maximum Gasteiger partial charge on any atom is 0.270 e. The first kappa shape index (κ1) is 16.4. The van der Waals surface area contributed by atoms with Crippen LogP contribution in [0.5, 0.6) is 0 Å². The number of hydrogen-bond acceptors (Lipinski definition) is 6. The minimum atomic E-state index is -3.61. The Labute approximate surface area is 125 Å². The number of hydrazine groups is 1. The Morgan fingerprint density at radius 1 is 1.33 bits per heavy atom. The van der Waals surface area contributed by atoms with Crippen LogP contribution in [-0.2, 0) is 16.6 Å². The van der Waals surface area contributed by atoms with Gasteiger partial charge < -0.3 is 10.2 Å². The molecule has 3 N–H and O–H groups in total. The molecule has 2 heterocycles. The van der Waals surface area contributed by atoms with Gasteiger partial charge in [-0.15, -0.1) is 4.83 Å². The summed E-state index contributed by atoms with van der Waals surface area (Å²) in [5, 5.41) is 11.5. The van der Waals surface area contributed by atoms with Crippen LogP contribution in [0.1, 0.15) is 19.4 Å². The summed E-state index contributed by atoms with van der Waals surface area (Å²) < 4.78 is 24.9. The number of likely N-dealkylation sites (N-methyl/N-ethyl adjacent to an activating group) is 1. The fourth-order valence-electron chi connectivity index (χ4n) is 2.09. The zero-order chi connectivity index (χ0) is 15.5. The molecule has 1 aliphatic rings. The van der Waals surface area contributed by atoms with E-state index in [1.807, 2.05) is 20.9 Å². The van der Waals surface area contributed by atoms with Crippen molar-refractivity contribution in [1.82, 2.24) is 30.3 Å². The molecule has 1 aromatic rings. The molecule has 0 spiro atoms. The first-order valence-electron chi connectivity index (χ1n) is 7.10. The Balaban J connectivity index is 2.04. The molecule has 8 nitrogen and oxygen atoms in total. The standard InChI is InChI=1S/C12H24N6O2S/c1-10(2)13-8-11-9-14-15-12(11)21(19,20)16-18-6-4-17(3)5-7-18/h9-10,13,16H,4-8H2,1-3H3,(H,14,15). The van der Waals surface area contributed by atoms with Crippen molar-refractivity contribution in [3.63, 3.8) is 0 Å². The van der Waals surface area contributed by atoms with Crippen LogP contribution in [0.4, 0.5) is 0 Å². The third kappa shape index (κ3) is 4.48. The van der Waals surface area contributed by atoms with Crippen molar-refractivity contribution in [3.05, 3.63) is 11.8 Å². The van der Waals surface area contributed by atoms with Crippen molar-refractivity contribution in [1.29, 1.82) is 0 Å². The number of aromatic amines is 1. The first-order chi connectivity index (χ1) is 9.88. The molecular weight excluding hydrogens is 292 g/mol. The lowest BCUT2D eigenvalue weighted by molar-refractivity contribution is 0.134. The third-order valence-corrected chi connectivity index (χ3v) is 4.79. The summed E-state index contributed by atoms with van der Waals surface area (Å²) in [6.07, 6.45) is 1.55. The average Bonchev–Trinajstić information content (AvgIpc) is 2.88. The smallest absolute Gasteiger partial charge is 0.270 e. The van der Waals surface area contributed by atoms with Crippen LogP contribution in [0.15, 0.2) is 11.2 Å². The maximum atomic E-state index is 12.4. The van der Waals surface area contributed by atoms with E-state index in [0.29, 0.717) is 25.2 Å². The fourth-order valence-corrected chi connectivity index (χ4v) is 3.34. The van der Waals surface area contributed by atoms with Crippen molar-refractivity contribution >= 4 is 10.0 Å². The number of piperazine rings is 1. The quantitative estimate of drug-likeness (QED) is 0.646. The second-order valence-corrected chi connectivity index (χ2v) is 7.24. The molecule has 0 aromatic carbocycles. The number of sulfonamides is 1. The molecule has 120 valence electrons. The maximum absolute atomic E-state index is 12.4. The average molecular weight is 316 g/mol. The van der Waals surface area contributed by atoms with Crippen molar-refractivity contribution in [3.8, 4) is 0 Å². The molecule has 1 aromatic heterocycles. The Hall–Kier alpha value is -1.00. The van der Waals surface area contributed by atoms with Crippen molar-refractivity contribution in [2.45, 2.75) is 31.5 Å². The number of aromatic nitrogens is 2. The summed E-state index contributed by atoms with van der Waals surface area (Å²) in [5.41, 5.74) is 0.644. The molecule has 1 saturated heterocycles. The van der Waals surface area contributed by atoms with Gasteiger partial charge in [0.15, 0.2) is 5.03 Å². The zero-order valence-corrected chi connectivity index (χ0v) is 13.6. The lowest BCUT2D eigenvalue weighted by atomic mass is 10.3. The van der Waals surface area contributed by atoms with Gasteiger partial charge in [-0.25, -0.2) is 13.4 Å². The largest absolute Gasteiger partial charge is 0.310 e. The molecule has 0 saturated carbocycles. The van der Waals surface area contributed by atoms with Crippen molar-refractivity contribution in [2.75, 3.05) is 33.2 Å². The van der Waals surface area contributed by atoms with Gasteiger partial charge in [-0.3, -0.25) is 5.10 Å². The van der Waals surface area contributed by atoms with Gasteiger partial charge >= 0.3 is 0 Å². The molecule has 0 radical (unpaired) electrons. The molecule has 1 fully saturated rings. The first-order valence-corrected chi connectivity index (χ1v) is 8.58. The molecular formula is C12H24N6O2S. The molecule has 21 heavy (non-hydrogen) atoms. The van der Waals surface area contributed by atoms with Gasteiger partial charge in [0, 0.05) is 44.3 Å². The molecule has 1 aliphatic heterocycles. The summed E-state index contributed by atoms with van der Waals surface area (Å²) in [7, 11) is -1.59. The van der Waals surface area contributed by atoms with Gasteiger partial charge in [0.2, 0.25) is 0 Å². The molecule has 0 atom stereocenters. The van der Waals surface area contributed by atoms with Crippen LogP contribution in [0, 0.1) is 0 Å². The molecule has 0 amide bonds. The van der Waals surface area contributed by atoms with E-state index >= 15 is 0 Å². The minimum absolute atomic E-state index is 0.134. The second-order valence-electron chi connectivity index (χ2n) is 5.65. The summed E-state index contributed by atoms with van der Waals surface area (Å²) in [4.78, 5) is 4.79. The monoisotopic (exact) mass is 316 g/mol. The number of nitrogens with zero attached hydrogens (tertiary/aromatic N) is 3. The van der Waals surface area contributed by atoms with Crippen molar-refractivity contribution < 1.29 is 8.42 Å². The van der Waals surface area contributed by atoms with E-state index in [4.69, 9.17) is 0 Å². The topological polar surface area (TPSA) is 93.4 Å². The van der Waals surface area contributed by atoms with E-state index in [1.54, 1.807) is 11.2 Å². The highest BCUT2D eigenvalue weighted by Gasteiger charge is 2.25. The van der Waals surface area contributed by atoms with Crippen LogP contribution < -0.4 is 10.1 Å². The number of hydrogen-bond donors (Lipinski definition) is 3. The lowest BCUT2D eigenvalue weighted by Crippen LogP contribution is -2.52. The van der Waals surface area contributed by atoms with Gasteiger partial charge in [-0.05, 0) is 7.05 Å². The summed E-state index contributed by atoms with van der Waals surface area (Å²) in [6.45, 7) is 7.51. The van der Waals surface area contributed by atoms with Crippen molar-refractivity contribution in [2.24, 2.45) is 0 Å². The normalized spacial score (nSPS) is 18.5. The van der Waals surface area contributed by atoms with E-state index < -0.39 is 10.0 Å². The van der Waals surface area contributed by atoms with Crippen LogP contribution in [0.2, 0.25) is 0 Å². The number of nitrogens with one attached hydrogen (secondary N) is 3. The van der Waals surface area contributed by atoms with Gasteiger partial charge in [-0.1, -0.05) is 13.8 Å². The predicted octanol–water partition coefficient (Wildman–Crippen LogP) is -0.652. The van der Waals surface area contributed by atoms with Gasteiger partial charge in [0.1, 0.15) is 0 Å². The Kier molecular flexibility index (Phi) is 5.33. The van der Waals surface area contributed by atoms with Crippen LogP contribution in [-0.4, -0.2) is 67.8 Å². The summed E-state index contributed by atoms with van der Waals surface area (Å²) in [6, 6.07) is 0.279. The third-order valence-electron chi connectivity index (χ3n) is 3.40. The van der Waals surface area contributed by atoms with E-state index in [0.717, 1.165) is 13.1 Å². The SMILES string of the molecule is CC(C)NCc1cn[nH]c1S(=O)(=O)NN1CCN(C)CC1. The highest BCUT2D eigenvalue weighted by Crippen LogP contribution is 2.12. The van der Waals surface area contributed by atoms with Crippen LogP contribution in [0.3, 0.4) is 0 Å². The minimum Gasteiger partial charge on any atom is -0.310 e. The number of rotatable bonds is 6. The van der Waals surface area contributed by atoms with Gasteiger partial charge in [-0.2, -0.15) is 5.10 Å². The second kappa shape index (κ2) is 6.84. The zero-order valence-electron chi connectivity index (χ0n) is 12.8. The van der Waals surface area contributed by atoms with Gasteiger partial charge in [0.05, 0.1) is 6.20 Å². The van der Waals surface area contributed by atoms with E-state index in [1.165, 1.54) is 0 Å². The Bertz CT molecular complexity index is 548. The lowest BCUT2D eigenvalue weighted by Gasteiger charge is -2.32. The molecule has 9 heteroatoms. The van der Waals surface area contributed by atoms with E-state index in [9.17, 15) is 8.42 Å². The van der Waals surface area contributed by atoms with E-state index in [2.05, 4.69) is 25.2 Å². The Morgan fingerprint density at radius 2 is 2.00 bits per heavy atom.